The third-order valence-corrected chi connectivity index (χ3v) is 6.02. The maximum Gasteiger partial charge on any atom is 0.266 e. The van der Waals surface area contributed by atoms with Gasteiger partial charge in [-0.2, -0.15) is 0 Å². The van der Waals surface area contributed by atoms with E-state index in [4.69, 9.17) is 12.2 Å². The minimum atomic E-state index is -0.382. The number of anilines is 1. The molecular weight excluding hydrogens is 419 g/mol. The number of unbranched alkanes of at least 4 members (excludes halogenated alkanes) is 2. The van der Waals surface area contributed by atoms with Gasteiger partial charge in [0.15, 0.2) is 0 Å². The van der Waals surface area contributed by atoms with E-state index in [1.54, 1.807) is 17.0 Å². The van der Waals surface area contributed by atoms with Crippen molar-refractivity contribution in [3.05, 3.63) is 70.4 Å². The van der Waals surface area contributed by atoms with E-state index in [1.165, 1.54) is 29.5 Å². The van der Waals surface area contributed by atoms with E-state index in [9.17, 15) is 14.0 Å². The standard InChI is InChI=1S/C23H23FN2O2S2/c1-16-9-11-17(12-10-16)14-20-22(28)26(23(29)30-20)13-4-2-3-8-21(27)25-19-7-5-6-18(24)15-19/h5-7,9-12,14-15H,2-4,8,13H2,1H3,(H,25,27)/b20-14-. The fraction of sp³-hybridized carbons (Fsp3) is 0.261. The van der Waals surface area contributed by atoms with Crippen molar-refractivity contribution in [2.75, 3.05) is 11.9 Å². The van der Waals surface area contributed by atoms with Gasteiger partial charge in [-0.1, -0.05) is 66.3 Å². The Balaban J connectivity index is 1.41. The number of halogens is 1. The molecule has 156 valence electrons. The molecule has 0 saturated carbocycles. The minimum Gasteiger partial charge on any atom is -0.326 e. The highest BCUT2D eigenvalue weighted by Gasteiger charge is 2.31. The number of nitrogens with one attached hydrogen (secondary N) is 1. The van der Waals surface area contributed by atoms with Gasteiger partial charge in [-0.05, 0) is 49.6 Å². The average molecular weight is 443 g/mol. The Morgan fingerprint density at radius 2 is 1.93 bits per heavy atom. The first-order chi connectivity index (χ1) is 14.4. The summed E-state index contributed by atoms with van der Waals surface area (Å²) >= 11 is 6.69. The van der Waals surface area contributed by atoms with E-state index in [2.05, 4.69) is 5.32 Å². The van der Waals surface area contributed by atoms with E-state index in [0.29, 0.717) is 34.3 Å². The van der Waals surface area contributed by atoms with Gasteiger partial charge < -0.3 is 5.32 Å². The maximum atomic E-state index is 13.1. The minimum absolute atomic E-state index is 0.0607. The van der Waals surface area contributed by atoms with Crippen molar-refractivity contribution >= 4 is 51.9 Å². The van der Waals surface area contributed by atoms with E-state index in [0.717, 1.165) is 18.4 Å². The van der Waals surface area contributed by atoms with Gasteiger partial charge in [-0.3, -0.25) is 14.5 Å². The smallest absolute Gasteiger partial charge is 0.266 e. The van der Waals surface area contributed by atoms with Crippen molar-refractivity contribution in [2.24, 2.45) is 0 Å². The Morgan fingerprint density at radius 3 is 2.67 bits per heavy atom. The zero-order chi connectivity index (χ0) is 21.5. The number of carbonyl (C=O) groups is 2. The molecule has 1 N–H and O–H groups in total. The van der Waals surface area contributed by atoms with E-state index < -0.39 is 0 Å². The van der Waals surface area contributed by atoms with Crippen molar-refractivity contribution < 1.29 is 14.0 Å². The van der Waals surface area contributed by atoms with Gasteiger partial charge in [0.2, 0.25) is 5.91 Å². The van der Waals surface area contributed by atoms with Crippen LogP contribution in [0.2, 0.25) is 0 Å². The molecule has 3 rings (SSSR count). The quantitative estimate of drug-likeness (QED) is 0.332. The van der Waals surface area contributed by atoms with Crippen LogP contribution in [0, 0.1) is 12.7 Å². The van der Waals surface area contributed by atoms with Crippen LogP contribution < -0.4 is 5.32 Å². The van der Waals surface area contributed by atoms with Crippen LogP contribution in [-0.4, -0.2) is 27.6 Å². The van der Waals surface area contributed by atoms with Crippen LogP contribution in [0.25, 0.3) is 6.08 Å². The summed E-state index contributed by atoms with van der Waals surface area (Å²) in [4.78, 5) is 26.9. The molecule has 1 saturated heterocycles. The molecule has 0 aliphatic carbocycles. The second-order valence-corrected chi connectivity index (χ2v) is 8.79. The molecule has 30 heavy (non-hydrogen) atoms. The molecule has 7 heteroatoms. The molecule has 0 radical (unpaired) electrons. The topological polar surface area (TPSA) is 49.4 Å². The SMILES string of the molecule is Cc1ccc(/C=C2\SC(=S)N(CCCCCC(=O)Nc3cccc(F)c3)C2=O)cc1. The second-order valence-electron chi connectivity index (χ2n) is 7.11. The normalized spacial score (nSPS) is 15.1. The monoisotopic (exact) mass is 442 g/mol. The summed E-state index contributed by atoms with van der Waals surface area (Å²) in [6, 6.07) is 13.8. The largest absolute Gasteiger partial charge is 0.326 e. The molecule has 4 nitrogen and oxygen atoms in total. The van der Waals surface area contributed by atoms with Gasteiger partial charge in [-0.15, -0.1) is 0 Å². The van der Waals surface area contributed by atoms with Crippen molar-refractivity contribution in [1.29, 1.82) is 0 Å². The first-order valence-corrected chi connectivity index (χ1v) is 11.0. The molecule has 2 aromatic carbocycles. The summed E-state index contributed by atoms with van der Waals surface area (Å²) in [5.41, 5.74) is 2.60. The Morgan fingerprint density at radius 1 is 1.17 bits per heavy atom. The van der Waals surface area contributed by atoms with Crippen LogP contribution in [0.4, 0.5) is 10.1 Å². The number of nitrogens with zero attached hydrogens (tertiary/aromatic N) is 1. The van der Waals surface area contributed by atoms with Gasteiger partial charge >= 0.3 is 0 Å². The predicted molar refractivity (Wildman–Crippen MR) is 125 cm³/mol. The Hall–Kier alpha value is -2.51. The Labute approximate surface area is 185 Å². The fourth-order valence-corrected chi connectivity index (χ4v) is 4.34. The van der Waals surface area contributed by atoms with Crippen LogP contribution in [0.3, 0.4) is 0 Å². The van der Waals surface area contributed by atoms with Crippen LogP contribution in [-0.2, 0) is 9.59 Å². The molecule has 0 bridgehead atoms. The van der Waals surface area contributed by atoms with Crippen LogP contribution >= 0.6 is 24.0 Å². The average Bonchev–Trinajstić information content (AvgIpc) is 2.96. The van der Waals surface area contributed by atoms with Crippen molar-refractivity contribution in [3.8, 4) is 0 Å². The van der Waals surface area contributed by atoms with Gasteiger partial charge in [0.1, 0.15) is 10.1 Å². The third kappa shape index (κ3) is 6.24. The molecule has 0 aromatic heterocycles. The number of amides is 2. The summed E-state index contributed by atoms with van der Waals surface area (Å²) < 4.78 is 13.7. The first kappa shape index (κ1) is 22.2. The number of thioether (sulfide) groups is 1. The highest BCUT2D eigenvalue weighted by molar-refractivity contribution is 8.26. The summed E-state index contributed by atoms with van der Waals surface area (Å²) in [7, 11) is 0. The number of hydrogen-bond acceptors (Lipinski definition) is 4. The van der Waals surface area contributed by atoms with Gasteiger partial charge in [0.05, 0.1) is 4.91 Å². The Bertz CT molecular complexity index is 973. The van der Waals surface area contributed by atoms with Crippen molar-refractivity contribution in [2.45, 2.75) is 32.6 Å². The summed E-state index contributed by atoms with van der Waals surface area (Å²) in [5, 5.41) is 2.69. The number of benzene rings is 2. The molecule has 2 aromatic rings. The highest BCUT2D eigenvalue weighted by Crippen LogP contribution is 2.32. The fourth-order valence-electron chi connectivity index (χ4n) is 3.03. The lowest BCUT2D eigenvalue weighted by Gasteiger charge is -2.14. The molecular formula is C23H23FN2O2S2. The lowest BCUT2D eigenvalue weighted by Crippen LogP contribution is -2.29. The number of thiocarbonyl (C=S) groups is 1. The molecule has 0 spiro atoms. The maximum absolute atomic E-state index is 13.1. The van der Waals surface area contributed by atoms with E-state index in [1.807, 2.05) is 37.3 Å². The van der Waals surface area contributed by atoms with Crippen LogP contribution in [0.5, 0.6) is 0 Å². The molecule has 2 amide bonds. The lowest BCUT2D eigenvalue weighted by molar-refractivity contribution is -0.122. The Kier molecular flexibility index (Phi) is 7.76. The number of hydrogen-bond donors (Lipinski definition) is 1. The molecule has 1 fully saturated rings. The van der Waals surface area contributed by atoms with Gasteiger partial charge in [-0.25, -0.2) is 4.39 Å². The zero-order valence-electron chi connectivity index (χ0n) is 16.7. The number of carbonyl (C=O) groups excluding carboxylic acids is 2. The highest BCUT2D eigenvalue weighted by atomic mass is 32.2. The third-order valence-electron chi connectivity index (χ3n) is 4.64. The predicted octanol–water partition coefficient (Wildman–Crippen LogP) is 5.53. The molecule has 0 unspecified atom stereocenters. The summed E-state index contributed by atoms with van der Waals surface area (Å²) in [6.07, 6.45) is 4.47. The number of rotatable bonds is 8. The van der Waals surface area contributed by atoms with Gasteiger partial charge in [0.25, 0.3) is 5.91 Å². The van der Waals surface area contributed by atoms with Gasteiger partial charge in [0, 0.05) is 18.7 Å². The molecule has 1 aliphatic heterocycles. The second kappa shape index (κ2) is 10.5. The zero-order valence-corrected chi connectivity index (χ0v) is 18.3. The molecule has 1 aliphatic rings. The molecule has 1 heterocycles. The lowest BCUT2D eigenvalue weighted by atomic mass is 10.1. The van der Waals surface area contributed by atoms with Crippen molar-refractivity contribution in [1.82, 2.24) is 4.90 Å². The first-order valence-electron chi connectivity index (χ1n) is 9.80. The van der Waals surface area contributed by atoms with E-state index in [-0.39, 0.29) is 17.6 Å². The van der Waals surface area contributed by atoms with Crippen LogP contribution in [0.15, 0.2) is 53.4 Å². The van der Waals surface area contributed by atoms with Crippen LogP contribution in [0.1, 0.15) is 36.8 Å². The summed E-state index contributed by atoms with van der Waals surface area (Å²) in [6.45, 7) is 2.57. The molecule has 0 atom stereocenters. The summed E-state index contributed by atoms with van der Waals surface area (Å²) in [5.74, 6) is -0.589. The van der Waals surface area contributed by atoms with E-state index >= 15 is 0 Å². The number of aryl methyl sites for hydroxylation is 1. The van der Waals surface area contributed by atoms with Crippen molar-refractivity contribution in [3.63, 3.8) is 0 Å².